The first-order valence-electron chi connectivity index (χ1n) is 7.08. The number of amides is 1. The average molecular weight is 302 g/mol. The highest BCUT2D eigenvalue weighted by atomic mass is 16.5. The molecule has 22 heavy (non-hydrogen) atoms. The second-order valence-corrected chi connectivity index (χ2v) is 5.43. The summed E-state index contributed by atoms with van der Waals surface area (Å²) in [5.41, 5.74) is 7.47. The van der Waals surface area contributed by atoms with Crippen LogP contribution in [0.2, 0.25) is 0 Å². The van der Waals surface area contributed by atoms with Crippen molar-refractivity contribution in [3.63, 3.8) is 0 Å². The third kappa shape index (κ3) is 2.67. The van der Waals surface area contributed by atoms with E-state index >= 15 is 0 Å². The second kappa shape index (κ2) is 5.76. The molecule has 0 bridgehead atoms. The topological polar surface area (TPSA) is 94.5 Å². The minimum atomic E-state index is -0.490. The van der Waals surface area contributed by atoms with E-state index in [9.17, 15) is 4.79 Å². The van der Waals surface area contributed by atoms with E-state index in [0.717, 1.165) is 11.1 Å². The number of hydrogen-bond donors (Lipinski definition) is 1. The third-order valence-electron chi connectivity index (χ3n) is 3.90. The summed E-state index contributed by atoms with van der Waals surface area (Å²) in [6.45, 7) is 2.51. The number of methoxy groups -OCH3 is 1. The number of aromatic nitrogens is 2. The zero-order chi connectivity index (χ0) is 15.7. The van der Waals surface area contributed by atoms with Crippen molar-refractivity contribution in [2.24, 2.45) is 5.73 Å². The van der Waals surface area contributed by atoms with E-state index in [1.54, 1.807) is 12.0 Å². The molecule has 7 heteroatoms. The molecule has 1 fully saturated rings. The maximum Gasteiger partial charge on any atom is 0.325 e. The molecule has 1 aliphatic heterocycles. The number of carbonyl (C=O) groups excluding carboxylic acids is 1. The Morgan fingerprint density at radius 3 is 2.77 bits per heavy atom. The van der Waals surface area contributed by atoms with Crippen LogP contribution in [0.15, 0.2) is 28.8 Å². The standard InChI is InChI=1S/C15H18N4O3/c1-9-3-5-10(6-4-9)14-17-15(22-18-14)19-8-11(21-2)7-12(19)13(16)20/h3-6,11-12H,7-8H2,1-2H3,(H2,16,20)/t11-,12-/m0/s1. The lowest BCUT2D eigenvalue weighted by Crippen LogP contribution is -2.40. The molecule has 1 saturated heterocycles. The molecule has 2 heterocycles. The van der Waals surface area contributed by atoms with Gasteiger partial charge in [0.1, 0.15) is 6.04 Å². The normalized spacial score (nSPS) is 21.3. The van der Waals surface area contributed by atoms with Gasteiger partial charge in [-0.2, -0.15) is 4.98 Å². The van der Waals surface area contributed by atoms with Gasteiger partial charge < -0.3 is 19.9 Å². The molecular formula is C15H18N4O3. The van der Waals surface area contributed by atoms with Gasteiger partial charge in [-0.15, -0.1) is 0 Å². The summed E-state index contributed by atoms with van der Waals surface area (Å²) in [5, 5.41) is 3.98. The number of hydrogen-bond acceptors (Lipinski definition) is 6. The van der Waals surface area contributed by atoms with Gasteiger partial charge in [0.15, 0.2) is 0 Å². The van der Waals surface area contributed by atoms with Crippen molar-refractivity contribution in [1.82, 2.24) is 10.1 Å². The van der Waals surface area contributed by atoms with Crippen molar-refractivity contribution in [2.75, 3.05) is 18.6 Å². The summed E-state index contributed by atoms with van der Waals surface area (Å²) >= 11 is 0. The van der Waals surface area contributed by atoms with Crippen molar-refractivity contribution in [1.29, 1.82) is 0 Å². The molecule has 1 amide bonds. The SMILES string of the molecule is CO[C@H]1C[C@@H](C(N)=O)N(c2nc(-c3ccc(C)cc3)no2)C1. The minimum absolute atomic E-state index is 0.0766. The Balaban J connectivity index is 1.86. The van der Waals surface area contributed by atoms with Gasteiger partial charge in [0, 0.05) is 25.6 Å². The molecule has 2 atom stereocenters. The molecule has 2 N–H and O–H groups in total. The smallest absolute Gasteiger partial charge is 0.325 e. The Labute approximate surface area is 128 Å². The Morgan fingerprint density at radius 2 is 2.14 bits per heavy atom. The highest BCUT2D eigenvalue weighted by Crippen LogP contribution is 2.27. The van der Waals surface area contributed by atoms with E-state index in [4.69, 9.17) is 15.0 Å². The fourth-order valence-corrected chi connectivity index (χ4v) is 2.60. The second-order valence-electron chi connectivity index (χ2n) is 5.43. The highest BCUT2D eigenvalue weighted by molar-refractivity contribution is 5.83. The average Bonchev–Trinajstić information content (AvgIpc) is 3.14. The Kier molecular flexibility index (Phi) is 3.81. The van der Waals surface area contributed by atoms with Crippen LogP contribution in [-0.4, -0.2) is 41.8 Å². The van der Waals surface area contributed by atoms with Gasteiger partial charge in [0.2, 0.25) is 11.7 Å². The first-order chi connectivity index (χ1) is 10.6. The first-order valence-corrected chi connectivity index (χ1v) is 7.08. The van der Waals surface area contributed by atoms with Crippen LogP contribution in [0.25, 0.3) is 11.4 Å². The number of ether oxygens (including phenoxy) is 1. The van der Waals surface area contributed by atoms with Crippen molar-refractivity contribution in [3.8, 4) is 11.4 Å². The van der Waals surface area contributed by atoms with Gasteiger partial charge in [0.25, 0.3) is 0 Å². The largest absolute Gasteiger partial charge is 0.380 e. The molecule has 0 radical (unpaired) electrons. The molecule has 7 nitrogen and oxygen atoms in total. The fourth-order valence-electron chi connectivity index (χ4n) is 2.60. The molecule has 2 aromatic rings. The van der Waals surface area contributed by atoms with Gasteiger partial charge in [-0.3, -0.25) is 4.79 Å². The van der Waals surface area contributed by atoms with Gasteiger partial charge in [0.05, 0.1) is 6.10 Å². The van der Waals surface area contributed by atoms with E-state index in [1.165, 1.54) is 0 Å². The summed E-state index contributed by atoms with van der Waals surface area (Å²) in [6.07, 6.45) is 0.445. The van der Waals surface area contributed by atoms with E-state index in [-0.39, 0.29) is 6.10 Å². The maximum atomic E-state index is 11.6. The van der Waals surface area contributed by atoms with E-state index in [1.807, 2.05) is 31.2 Å². The van der Waals surface area contributed by atoms with Crippen LogP contribution in [-0.2, 0) is 9.53 Å². The lowest BCUT2D eigenvalue weighted by Gasteiger charge is -2.18. The number of aryl methyl sites for hydroxylation is 1. The van der Waals surface area contributed by atoms with Crippen LogP contribution in [0.1, 0.15) is 12.0 Å². The minimum Gasteiger partial charge on any atom is -0.380 e. The fraction of sp³-hybridized carbons (Fsp3) is 0.400. The quantitative estimate of drug-likeness (QED) is 0.909. The first kappa shape index (κ1) is 14.5. The van der Waals surface area contributed by atoms with Crippen molar-refractivity contribution in [3.05, 3.63) is 29.8 Å². The predicted molar refractivity (Wildman–Crippen MR) is 80.2 cm³/mol. The lowest BCUT2D eigenvalue weighted by atomic mass is 10.1. The van der Waals surface area contributed by atoms with Crippen LogP contribution >= 0.6 is 0 Å². The molecule has 1 aliphatic rings. The molecule has 0 unspecified atom stereocenters. The number of anilines is 1. The zero-order valence-electron chi connectivity index (χ0n) is 12.5. The summed E-state index contributed by atoms with van der Waals surface area (Å²) < 4.78 is 10.6. The summed E-state index contributed by atoms with van der Waals surface area (Å²) in [4.78, 5) is 17.7. The number of carbonyl (C=O) groups is 1. The molecule has 0 spiro atoms. The molecule has 1 aromatic heterocycles. The maximum absolute atomic E-state index is 11.6. The van der Waals surface area contributed by atoms with Gasteiger partial charge in [-0.05, 0) is 6.92 Å². The van der Waals surface area contributed by atoms with Crippen LogP contribution in [0, 0.1) is 6.92 Å². The number of rotatable bonds is 4. The van der Waals surface area contributed by atoms with Crippen LogP contribution in [0.3, 0.4) is 0 Å². The molecule has 116 valence electrons. The van der Waals surface area contributed by atoms with Gasteiger partial charge in [-0.25, -0.2) is 0 Å². The van der Waals surface area contributed by atoms with Gasteiger partial charge >= 0.3 is 6.01 Å². The Bertz CT molecular complexity index is 668. The molecule has 3 rings (SSSR count). The summed E-state index contributed by atoms with van der Waals surface area (Å²) in [7, 11) is 1.61. The van der Waals surface area contributed by atoms with Crippen LogP contribution in [0.5, 0.6) is 0 Å². The molecular weight excluding hydrogens is 284 g/mol. The van der Waals surface area contributed by atoms with Gasteiger partial charge in [-0.1, -0.05) is 35.0 Å². The number of nitrogens with zero attached hydrogens (tertiary/aromatic N) is 3. The van der Waals surface area contributed by atoms with Crippen LogP contribution < -0.4 is 10.6 Å². The number of benzene rings is 1. The molecule has 0 saturated carbocycles. The van der Waals surface area contributed by atoms with Crippen molar-refractivity contribution in [2.45, 2.75) is 25.5 Å². The predicted octanol–water partition coefficient (Wildman–Crippen LogP) is 1.12. The van der Waals surface area contributed by atoms with Crippen molar-refractivity contribution < 1.29 is 14.1 Å². The lowest BCUT2D eigenvalue weighted by molar-refractivity contribution is -0.119. The van der Waals surface area contributed by atoms with E-state index < -0.39 is 11.9 Å². The number of nitrogens with two attached hydrogens (primary N) is 1. The van der Waals surface area contributed by atoms with Crippen LogP contribution in [0.4, 0.5) is 6.01 Å². The van der Waals surface area contributed by atoms with E-state index in [0.29, 0.717) is 24.8 Å². The Morgan fingerprint density at radius 1 is 1.41 bits per heavy atom. The monoisotopic (exact) mass is 302 g/mol. The molecule has 0 aliphatic carbocycles. The summed E-state index contributed by atoms with van der Waals surface area (Å²) in [6, 6.07) is 7.62. The summed E-state index contributed by atoms with van der Waals surface area (Å²) in [5.74, 6) is 0.0636. The molecule has 1 aromatic carbocycles. The van der Waals surface area contributed by atoms with E-state index in [2.05, 4.69) is 10.1 Å². The highest BCUT2D eigenvalue weighted by Gasteiger charge is 2.38. The van der Waals surface area contributed by atoms with Crippen molar-refractivity contribution >= 4 is 11.9 Å². The number of primary amides is 1. The third-order valence-corrected chi connectivity index (χ3v) is 3.90. The zero-order valence-corrected chi connectivity index (χ0v) is 12.5. The Hall–Kier alpha value is -2.41.